The summed E-state index contributed by atoms with van der Waals surface area (Å²) in [5.74, 6) is 1.32. The van der Waals surface area contributed by atoms with Crippen LogP contribution in [0.2, 0.25) is 0 Å². The molecule has 0 heterocycles. The largest absolute Gasteiger partial charge is 0.493 e. The van der Waals surface area contributed by atoms with Gasteiger partial charge in [-0.3, -0.25) is 10.1 Å². The number of ether oxygens (including phenoxy) is 5. The maximum atomic E-state index is 11.2. The summed E-state index contributed by atoms with van der Waals surface area (Å²) in [6, 6.07) is 11.3. The van der Waals surface area contributed by atoms with Gasteiger partial charge in [0.15, 0.2) is 18.3 Å². The lowest BCUT2D eigenvalue weighted by Gasteiger charge is -2.11. The Kier molecular flexibility index (Phi) is 8.62. The van der Waals surface area contributed by atoms with Crippen LogP contribution in [0, 0.1) is 21.4 Å². The van der Waals surface area contributed by atoms with Crippen molar-refractivity contribution in [1.29, 1.82) is 5.26 Å². The molecule has 0 aromatic heterocycles. The van der Waals surface area contributed by atoms with Crippen molar-refractivity contribution in [1.82, 2.24) is 0 Å². The highest BCUT2D eigenvalue weighted by Gasteiger charge is 2.13. The lowest BCUT2D eigenvalue weighted by atomic mass is 10.0. The van der Waals surface area contributed by atoms with Crippen LogP contribution < -0.4 is 14.2 Å². The molecule has 0 fully saturated rings. The van der Waals surface area contributed by atoms with Gasteiger partial charge >= 0.3 is 0 Å². The zero-order valence-corrected chi connectivity index (χ0v) is 16.9. The third-order valence-corrected chi connectivity index (χ3v) is 4.05. The average molecular weight is 414 g/mol. The maximum absolute atomic E-state index is 11.2. The van der Waals surface area contributed by atoms with Crippen molar-refractivity contribution in [3.05, 3.63) is 57.6 Å². The van der Waals surface area contributed by atoms with Gasteiger partial charge in [0.25, 0.3) is 5.69 Å². The fraction of sp³-hybridized carbons (Fsp3) is 0.286. The van der Waals surface area contributed by atoms with Crippen LogP contribution in [-0.4, -0.2) is 46.3 Å². The number of nitriles is 1. The fourth-order valence-corrected chi connectivity index (χ4v) is 2.54. The number of hydrogen-bond acceptors (Lipinski definition) is 8. The van der Waals surface area contributed by atoms with Crippen molar-refractivity contribution in [2.75, 3.05) is 41.3 Å². The summed E-state index contributed by atoms with van der Waals surface area (Å²) < 4.78 is 26.2. The second-order valence-corrected chi connectivity index (χ2v) is 5.88. The first kappa shape index (κ1) is 22.7. The Hall–Kier alpha value is -3.61. The monoisotopic (exact) mass is 414 g/mol. The van der Waals surface area contributed by atoms with Crippen molar-refractivity contribution in [3.63, 3.8) is 0 Å². The predicted octanol–water partition coefficient (Wildman–Crippen LogP) is 3.68. The molecular formula is C21H22N2O7. The Labute approximate surface area is 174 Å². The molecule has 0 spiro atoms. The third kappa shape index (κ3) is 5.94. The summed E-state index contributed by atoms with van der Waals surface area (Å²) >= 11 is 0. The average Bonchev–Trinajstić information content (AvgIpc) is 2.77. The number of non-ortho nitro benzene ring substituents is 1. The van der Waals surface area contributed by atoms with E-state index in [1.165, 1.54) is 38.5 Å². The molecule has 0 amide bonds. The number of benzene rings is 2. The van der Waals surface area contributed by atoms with E-state index in [-0.39, 0.29) is 18.1 Å². The normalized spacial score (nSPS) is 10.9. The van der Waals surface area contributed by atoms with E-state index < -0.39 is 4.92 Å². The number of nitro groups is 1. The standard InChI is InChI=1S/C21H22N2O7/c1-26-8-9-29-14-30-19-7-5-18(23(24)25)11-16(19)10-17(13-22)15-4-6-20(27-2)21(12-15)28-3/h4-7,10-12H,8-9,14H2,1-3H3. The highest BCUT2D eigenvalue weighted by molar-refractivity contribution is 5.91. The van der Waals surface area contributed by atoms with Gasteiger partial charge in [-0.05, 0) is 35.9 Å². The number of rotatable bonds is 11. The van der Waals surface area contributed by atoms with Crippen LogP contribution in [0.3, 0.4) is 0 Å². The van der Waals surface area contributed by atoms with Crippen LogP contribution in [0.5, 0.6) is 17.2 Å². The number of nitro benzene ring substituents is 1. The Morgan fingerprint density at radius 2 is 1.80 bits per heavy atom. The molecule has 2 aromatic rings. The van der Waals surface area contributed by atoms with Crippen molar-refractivity contribution in [3.8, 4) is 23.3 Å². The molecule has 158 valence electrons. The summed E-state index contributed by atoms with van der Waals surface area (Å²) in [7, 11) is 4.56. The zero-order chi connectivity index (χ0) is 21.9. The molecule has 0 atom stereocenters. The van der Waals surface area contributed by atoms with Crippen molar-refractivity contribution in [2.45, 2.75) is 0 Å². The first-order chi connectivity index (χ1) is 14.5. The third-order valence-electron chi connectivity index (χ3n) is 4.05. The second kappa shape index (κ2) is 11.4. The minimum atomic E-state index is -0.515. The second-order valence-electron chi connectivity index (χ2n) is 5.88. The zero-order valence-electron chi connectivity index (χ0n) is 16.9. The molecule has 0 unspecified atom stereocenters. The van der Waals surface area contributed by atoms with Gasteiger partial charge < -0.3 is 23.7 Å². The molecular weight excluding hydrogens is 392 g/mol. The highest BCUT2D eigenvalue weighted by atomic mass is 16.7. The molecule has 9 nitrogen and oxygen atoms in total. The molecule has 9 heteroatoms. The lowest BCUT2D eigenvalue weighted by molar-refractivity contribution is -0.384. The number of nitrogens with zero attached hydrogens (tertiary/aromatic N) is 2. The van der Waals surface area contributed by atoms with Crippen molar-refractivity contribution >= 4 is 17.3 Å². The summed E-state index contributed by atoms with van der Waals surface area (Å²) in [5.41, 5.74) is 1.06. The summed E-state index contributed by atoms with van der Waals surface area (Å²) in [6.07, 6.45) is 1.51. The van der Waals surface area contributed by atoms with E-state index in [9.17, 15) is 15.4 Å². The first-order valence-corrected chi connectivity index (χ1v) is 8.86. The lowest BCUT2D eigenvalue weighted by Crippen LogP contribution is -2.08. The topological polar surface area (TPSA) is 113 Å². The van der Waals surface area contributed by atoms with Crippen LogP contribution in [-0.2, 0) is 9.47 Å². The molecule has 0 N–H and O–H groups in total. The van der Waals surface area contributed by atoms with E-state index in [1.807, 2.05) is 0 Å². The molecule has 0 saturated heterocycles. The molecule has 0 radical (unpaired) electrons. The Morgan fingerprint density at radius 3 is 2.43 bits per heavy atom. The Balaban J connectivity index is 2.40. The number of methoxy groups -OCH3 is 3. The summed E-state index contributed by atoms with van der Waals surface area (Å²) in [5, 5.41) is 20.9. The van der Waals surface area contributed by atoms with Gasteiger partial charge in [0.2, 0.25) is 0 Å². The summed E-state index contributed by atoms with van der Waals surface area (Å²) in [4.78, 5) is 10.7. The minimum absolute atomic E-state index is 0.0692. The quantitative estimate of drug-likeness (QED) is 0.137. The predicted molar refractivity (Wildman–Crippen MR) is 109 cm³/mol. The molecule has 0 aliphatic carbocycles. The summed E-state index contributed by atoms with van der Waals surface area (Å²) in [6.45, 7) is 0.679. The molecule has 0 aliphatic rings. The highest BCUT2D eigenvalue weighted by Crippen LogP contribution is 2.33. The van der Waals surface area contributed by atoms with E-state index in [2.05, 4.69) is 6.07 Å². The Morgan fingerprint density at radius 1 is 1.07 bits per heavy atom. The van der Waals surface area contributed by atoms with Gasteiger partial charge in [0.1, 0.15) is 5.75 Å². The first-order valence-electron chi connectivity index (χ1n) is 8.86. The van der Waals surface area contributed by atoms with Gasteiger partial charge in [-0.15, -0.1) is 0 Å². The van der Waals surface area contributed by atoms with E-state index in [0.29, 0.717) is 41.6 Å². The van der Waals surface area contributed by atoms with E-state index in [4.69, 9.17) is 23.7 Å². The minimum Gasteiger partial charge on any atom is -0.493 e. The molecule has 2 aromatic carbocycles. The van der Waals surface area contributed by atoms with Crippen LogP contribution in [0.4, 0.5) is 5.69 Å². The molecule has 2 rings (SSSR count). The maximum Gasteiger partial charge on any atom is 0.270 e. The molecule has 0 saturated carbocycles. The van der Waals surface area contributed by atoms with Gasteiger partial charge in [-0.25, -0.2) is 0 Å². The van der Waals surface area contributed by atoms with E-state index in [1.54, 1.807) is 25.3 Å². The number of hydrogen-bond donors (Lipinski definition) is 0. The van der Waals surface area contributed by atoms with Gasteiger partial charge in [-0.1, -0.05) is 0 Å². The van der Waals surface area contributed by atoms with Crippen LogP contribution in [0.15, 0.2) is 36.4 Å². The number of allylic oxidation sites excluding steroid dienone is 1. The smallest absolute Gasteiger partial charge is 0.270 e. The molecule has 30 heavy (non-hydrogen) atoms. The van der Waals surface area contributed by atoms with Gasteiger partial charge in [-0.2, -0.15) is 5.26 Å². The Bertz CT molecular complexity index is 951. The van der Waals surface area contributed by atoms with E-state index >= 15 is 0 Å². The van der Waals surface area contributed by atoms with E-state index in [0.717, 1.165) is 0 Å². The van der Waals surface area contributed by atoms with Crippen molar-refractivity contribution in [2.24, 2.45) is 0 Å². The molecule has 0 aliphatic heterocycles. The van der Waals surface area contributed by atoms with Crippen molar-refractivity contribution < 1.29 is 28.6 Å². The SMILES string of the molecule is COCCOCOc1ccc([N+](=O)[O-])cc1C=C(C#N)c1ccc(OC)c(OC)c1. The van der Waals surface area contributed by atoms with Crippen LogP contribution in [0.25, 0.3) is 11.6 Å². The fourth-order valence-electron chi connectivity index (χ4n) is 2.54. The molecule has 0 bridgehead atoms. The van der Waals surface area contributed by atoms with Crippen LogP contribution in [0.1, 0.15) is 11.1 Å². The van der Waals surface area contributed by atoms with Gasteiger partial charge in [0, 0.05) is 24.8 Å². The van der Waals surface area contributed by atoms with Crippen LogP contribution >= 0.6 is 0 Å². The van der Waals surface area contributed by atoms with Gasteiger partial charge in [0.05, 0.1) is 44.0 Å².